The SMILES string of the molecule is CCCN(C)c1cc(Cl)nc(SCc2cccc(C(=O)NCc3ccc(F)cc3)c2)n1. The summed E-state index contributed by atoms with van der Waals surface area (Å²) in [5.74, 6) is 0.918. The number of carbonyl (C=O) groups excluding carboxylic acids is 1. The summed E-state index contributed by atoms with van der Waals surface area (Å²) in [7, 11) is 1.98. The second kappa shape index (κ2) is 11.1. The highest BCUT2D eigenvalue weighted by atomic mass is 35.5. The summed E-state index contributed by atoms with van der Waals surface area (Å²) in [6.45, 7) is 3.33. The predicted octanol–water partition coefficient (Wildman–Crippen LogP) is 5.34. The van der Waals surface area contributed by atoms with Crippen LogP contribution in [0.25, 0.3) is 0 Å². The van der Waals surface area contributed by atoms with E-state index in [1.807, 2.05) is 30.1 Å². The van der Waals surface area contributed by atoms with E-state index in [1.165, 1.54) is 23.9 Å². The zero-order valence-corrected chi connectivity index (χ0v) is 19.0. The van der Waals surface area contributed by atoms with E-state index in [9.17, 15) is 9.18 Å². The maximum Gasteiger partial charge on any atom is 0.251 e. The van der Waals surface area contributed by atoms with Gasteiger partial charge in [0, 0.05) is 37.5 Å². The molecule has 0 spiro atoms. The molecule has 1 aromatic heterocycles. The van der Waals surface area contributed by atoms with Crippen LogP contribution in [0.5, 0.6) is 0 Å². The van der Waals surface area contributed by atoms with Gasteiger partial charge in [-0.2, -0.15) is 0 Å². The molecule has 0 aliphatic heterocycles. The molecule has 162 valence electrons. The van der Waals surface area contributed by atoms with E-state index in [0.29, 0.717) is 28.2 Å². The first-order valence-electron chi connectivity index (χ1n) is 9.94. The van der Waals surface area contributed by atoms with Crippen molar-refractivity contribution in [2.75, 3.05) is 18.5 Å². The zero-order chi connectivity index (χ0) is 22.2. The predicted molar refractivity (Wildman–Crippen MR) is 124 cm³/mol. The number of hydrogen-bond donors (Lipinski definition) is 1. The van der Waals surface area contributed by atoms with Gasteiger partial charge in [-0.1, -0.05) is 54.6 Å². The fraction of sp³-hybridized carbons (Fsp3) is 0.261. The van der Waals surface area contributed by atoms with E-state index in [0.717, 1.165) is 29.9 Å². The Kier molecular flexibility index (Phi) is 8.26. The van der Waals surface area contributed by atoms with Crippen LogP contribution in [0, 0.1) is 5.82 Å². The summed E-state index contributed by atoms with van der Waals surface area (Å²) < 4.78 is 13.0. The Morgan fingerprint density at radius 2 is 1.90 bits per heavy atom. The Morgan fingerprint density at radius 1 is 1.13 bits per heavy atom. The first-order chi connectivity index (χ1) is 14.9. The van der Waals surface area contributed by atoms with E-state index in [4.69, 9.17) is 11.6 Å². The number of thioether (sulfide) groups is 1. The third-order valence-electron chi connectivity index (χ3n) is 4.53. The lowest BCUT2D eigenvalue weighted by Crippen LogP contribution is -2.22. The zero-order valence-electron chi connectivity index (χ0n) is 17.4. The van der Waals surface area contributed by atoms with Crippen LogP contribution in [0.2, 0.25) is 5.15 Å². The molecule has 0 aliphatic rings. The van der Waals surface area contributed by atoms with Crippen LogP contribution in [0.1, 0.15) is 34.8 Å². The molecule has 3 rings (SSSR count). The maximum atomic E-state index is 13.0. The Labute approximate surface area is 191 Å². The van der Waals surface area contributed by atoms with Crippen LogP contribution in [0.3, 0.4) is 0 Å². The Balaban J connectivity index is 1.61. The van der Waals surface area contributed by atoms with Gasteiger partial charge in [-0.3, -0.25) is 4.79 Å². The minimum Gasteiger partial charge on any atom is -0.360 e. The van der Waals surface area contributed by atoms with Crippen molar-refractivity contribution >= 4 is 35.1 Å². The molecule has 1 amide bonds. The second-order valence-electron chi connectivity index (χ2n) is 7.05. The highest BCUT2D eigenvalue weighted by Gasteiger charge is 2.10. The number of halogens is 2. The fourth-order valence-electron chi connectivity index (χ4n) is 2.93. The molecule has 0 bridgehead atoms. The number of hydrogen-bond acceptors (Lipinski definition) is 5. The van der Waals surface area contributed by atoms with E-state index in [-0.39, 0.29) is 11.7 Å². The number of amides is 1. The summed E-state index contributed by atoms with van der Waals surface area (Å²) in [6.07, 6.45) is 1.01. The summed E-state index contributed by atoms with van der Waals surface area (Å²) in [6, 6.07) is 15.2. The van der Waals surface area contributed by atoms with Gasteiger partial charge in [0.1, 0.15) is 16.8 Å². The normalized spacial score (nSPS) is 10.7. The molecule has 1 N–H and O–H groups in total. The van der Waals surface area contributed by atoms with Gasteiger partial charge >= 0.3 is 0 Å². The van der Waals surface area contributed by atoms with Gasteiger partial charge in [0.2, 0.25) is 0 Å². The first-order valence-corrected chi connectivity index (χ1v) is 11.3. The number of benzene rings is 2. The molecule has 0 atom stereocenters. The van der Waals surface area contributed by atoms with Gasteiger partial charge in [0.25, 0.3) is 5.91 Å². The van der Waals surface area contributed by atoms with Crippen molar-refractivity contribution in [3.8, 4) is 0 Å². The van der Waals surface area contributed by atoms with Crippen LogP contribution in [0.15, 0.2) is 59.8 Å². The van der Waals surface area contributed by atoms with Crippen LogP contribution in [-0.4, -0.2) is 29.5 Å². The molecule has 5 nitrogen and oxygen atoms in total. The largest absolute Gasteiger partial charge is 0.360 e. The second-order valence-corrected chi connectivity index (χ2v) is 8.38. The molecule has 0 unspecified atom stereocenters. The first kappa shape index (κ1) is 23.0. The van der Waals surface area contributed by atoms with Gasteiger partial charge in [-0.05, 0) is 41.8 Å². The quantitative estimate of drug-likeness (QED) is 0.266. The van der Waals surface area contributed by atoms with E-state index >= 15 is 0 Å². The molecule has 3 aromatic rings. The molecule has 2 aromatic carbocycles. The summed E-state index contributed by atoms with van der Waals surface area (Å²) in [4.78, 5) is 23.4. The van der Waals surface area contributed by atoms with Crippen LogP contribution >= 0.6 is 23.4 Å². The summed E-state index contributed by atoms with van der Waals surface area (Å²) in [5, 5.41) is 3.86. The third-order valence-corrected chi connectivity index (χ3v) is 5.65. The number of nitrogens with zero attached hydrogens (tertiary/aromatic N) is 3. The van der Waals surface area contributed by atoms with Gasteiger partial charge in [0.05, 0.1) is 0 Å². The molecule has 1 heterocycles. The minimum atomic E-state index is -0.298. The molecule has 0 aliphatic carbocycles. The smallest absolute Gasteiger partial charge is 0.251 e. The summed E-state index contributed by atoms with van der Waals surface area (Å²) in [5.41, 5.74) is 2.38. The molecule has 8 heteroatoms. The monoisotopic (exact) mass is 458 g/mol. The molecular weight excluding hydrogens is 435 g/mol. The lowest BCUT2D eigenvalue weighted by atomic mass is 10.1. The van der Waals surface area contributed by atoms with Gasteiger partial charge in [0.15, 0.2) is 5.16 Å². The average Bonchev–Trinajstić information content (AvgIpc) is 2.77. The average molecular weight is 459 g/mol. The third kappa shape index (κ3) is 6.94. The highest BCUT2D eigenvalue weighted by molar-refractivity contribution is 7.98. The van der Waals surface area contributed by atoms with Crippen molar-refractivity contribution in [1.29, 1.82) is 0 Å². The van der Waals surface area contributed by atoms with Gasteiger partial charge < -0.3 is 10.2 Å². The summed E-state index contributed by atoms with van der Waals surface area (Å²) >= 11 is 7.64. The van der Waals surface area contributed by atoms with E-state index in [1.54, 1.807) is 24.3 Å². The van der Waals surface area contributed by atoms with Crippen molar-refractivity contribution in [2.45, 2.75) is 30.8 Å². The molecule has 0 saturated heterocycles. The standard InChI is InChI=1S/C23H24ClFN4OS/c1-3-11-29(2)21-13-20(24)27-23(28-21)31-15-17-5-4-6-18(12-17)22(30)26-14-16-7-9-19(25)10-8-16/h4-10,12-13H,3,11,14-15H2,1-2H3,(H,26,30). The van der Waals surface area contributed by atoms with Crippen molar-refractivity contribution < 1.29 is 9.18 Å². The molecule has 0 radical (unpaired) electrons. The maximum absolute atomic E-state index is 13.0. The van der Waals surface area contributed by atoms with Gasteiger partial charge in [-0.25, -0.2) is 14.4 Å². The lowest BCUT2D eigenvalue weighted by Gasteiger charge is -2.17. The number of rotatable bonds is 9. The molecule has 0 fully saturated rings. The highest BCUT2D eigenvalue weighted by Crippen LogP contribution is 2.24. The van der Waals surface area contributed by atoms with E-state index < -0.39 is 0 Å². The van der Waals surface area contributed by atoms with Crippen molar-refractivity contribution in [2.24, 2.45) is 0 Å². The lowest BCUT2D eigenvalue weighted by molar-refractivity contribution is 0.0951. The van der Waals surface area contributed by atoms with Gasteiger partial charge in [-0.15, -0.1) is 0 Å². The minimum absolute atomic E-state index is 0.182. The van der Waals surface area contributed by atoms with E-state index in [2.05, 4.69) is 22.2 Å². The number of aromatic nitrogens is 2. The van der Waals surface area contributed by atoms with Crippen molar-refractivity contribution in [3.05, 3.63) is 82.3 Å². The van der Waals surface area contributed by atoms with Crippen molar-refractivity contribution in [3.63, 3.8) is 0 Å². The fourth-order valence-corrected chi connectivity index (χ4v) is 3.96. The Hall–Kier alpha value is -2.64. The van der Waals surface area contributed by atoms with Crippen LogP contribution in [-0.2, 0) is 12.3 Å². The number of anilines is 1. The number of nitrogens with one attached hydrogen (secondary N) is 1. The van der Waals surface area contributed by atoms with Crippen LogP contribution < -0.4 is 10.2 Å². The molecule has 0 saturated carbocycles. The Morgan fingerprint density at radius 3 is 2.65 bits per heavy atom. The molecular formula is C23H24ClFN4OS. The topological polar surface area (TPSA) is 58.1 Å². The van der Waals surface area contributed by atoms with Crippen LogP contribution in [0.4, 0.5) is 10.2 Å². The Bertz CT molecular complexity index is 1030. The molecule has 31 heavy (non-hydrogen) atoms. The number of carbonyl (C=O) groups is 1. The van der Waals surface area contributed by atoms with Crippen molar-refractivity contribution in [1.82, 2.24) is 15.3 Å².